The monoisotopic (exact) mass is 293 g/mol. The molecule has 1 aromatic heterocycles. The largest absolute Gasteiger partial charge is 0.464 e. The van der Waals surface area contributed by atoms with Crippen molar-refractivity contribution in [1.82, 2.24) is 4.57 Å². The average molecular weight is 293 g/mol. The molecule has 2 aromatic rings. The number of nitrogens with zero attached hydrogens (tertiary/aromatic N) is 1. The van der Waals surface area contributed by atoms with Crippen molar-refractivity contribution in [1.29, 1.82) is 0 Å². The molecule has 112 valence electrons. The minimum absolute atomic E-state index is 0.156. The Morgan fingerprint density at radius 2 is 1.81 bits per heavy atom. The van der Waals surface area contributed by atoms with Crippen molar-refractivity contribution in [3.05, 3.63) is 35.8 Å². The first kappa shape index (κ1) is 15.0. The first-order chi connectivity index (χ1) is 9.76. The molecule has 1 heterocycles. The normalized spacial score (nSPS) is 11.5. The Kier molecular flexibility index (Phi) is 3.72. The van der Waals surface area contributed by atoms with Crippen LogP contribution in [0.15, 0.2) is 24.3 Å². The summed E-state index contributed by atoms with van der Waals surface area (Å²) in [4.78, 5) is 24.1. The van der Waals surface area contributed by atoms with Crippen molar-refractivity contribution < 1.29 is 23.5 Å². The molecule has 0 aliphatic rings. The molecule has 6 heteroatoms. The fraction of sp³-hybridized carbons (Fsp3) is 0.333. The number of para-hydroxylation sites is 1. The van der Waals surface area contributed by atoms with Crippen LogP contribution in [0.2, 0.25) is 0 Å². The van der Waals surface area contributed by atoms with E-state index in [9.17, 15) is 14.0 Å². The Morgan fingerprint density at radius 3 is 2.38 bits per heavy atom. The van der Waals surface area contributed by atoms with Crippen LogP contribution in [-0.4, -0.2) is 29.3 Å². The molecule has 5 nitrogen and oxygen atoms in total. The number of esters is 1. The molecule has 0 unspecified atom stereocenters. The zero-order valence-corrected chi connectivity index (χ0v) is 12.3. The number of hydrogen-bond acceptors (Lipinski definition) is 4. The molecule has 2 rings (SSSR count). The Labute approximate surface area is 121 Å². The fourth-order valence-corrected chi connectivity index (χ4v) is 1.98. The van der Waals surface area contributed by atoms with Crippen molar-refractivity contribution in [3.8, 4) is 0 Å². The lowest BCUT2D eigenvalue weighted by atomic mass is 10.2. The molecule has 0 spiro atoms. The van der Waals surface area contributed by atoms with Crippen LogP contribution in [0.4, 0.5) is 9.18 Å². The van der Waals surface area contributed by atoms with Gasteiger partial charge in [0, 0.05) is 5.39 Å². The van der Waals surface area contributed by atoms with E-state index < -0.39 is 29.2 Å². The Bertz CT molecular complexity index is 712. The summed E-state index contributed by atoms with van der Waals surface area (Å²) in [6.45, 7) is 5.06. The summed E-state index contributed by atoms with van der Waals surface area (Å²) in [7, 11) is 1.12. The third-order valence-corrected chi connectivity index (χ3v) is 2.77. The van der Waals surface area contributed by atoms with E-state index in [0.717, 1.165) is 11.7 Å². The number of fused-ring (bicyclic) bond motifs is 1. The van der Waals surface area contributed by atoms with Crippen LogP contribution in [0.5, 0.6) is 0 Å². The van der Waals surface area contributed by atoms with Crippen LogP contribution in [0.3, 0.4) is 0 Å². The van der Waals surface area contributed by atoms with Crippen LogP contribution < -0.4 is 0 Å². The lowest BCUT2D eigenvalue weighted by molar-refractivity contribution is 0.0485. The summed E-state index contributed by atoms with van der Waals surface area (Å²) in [6, 6.07) is 6.28. The maximum Gasteiger partial charge on any atom is 0.419 e. The van der Waals surface area contributed by atoms with Gasteiger partial charge in [-0.3, -0.25) is 0 Å². The number of hydrogen-bond donors (Lipinski definition) is 0. The zero-order chi connectivity index (χ0) is 15.8. The SMILES string of the molecule is COC(=O)c1c(F)c2ccccc2n1C(=O)OC(C)(C)C. The molecule has 0 saturated heterocycles. The van der Waals surface area contributed by atoms with Crippen molar-refractivity contribution in [2.45, 2.75) is 26.4 Å². The van der Waals surface area contributed by atoms with Crippen LogP contribution in [0.25, 0.3) is 10.9 Å². The van der Waals surface area contributed by atoms with E-state index in [1.54, 1.807) is 32.9 Å². The first-order valence-electron chi connectivity index (χ1n) is 6.37. The lowest BCUT2D eigenvalue weighted by Crippen LogP contribution is -2.29. The third kappa shape index (κ3) is 2.74. The number of rotatable bonds is 1. The Balaban J connectivity index is 2.70. The third-order valence-electron chi connectivity index (χ3n) is 2.77. The number of aromatic nitrogens is 1. The molecule has 0 N–H and O–H groups in total. The fourth-order valence-electron chi connectivity index (χ4n) is 1.98. The molecule has 0 bridgehead atoms. The van der Waals surface area contributed by atoms with E-state index in [2.05, 4.69) is 4.74 Å². The molecule has 0 atom stereocenters. The molecule has 0 aliphatic heterocycles. The van der Waals surface area contributed by atoms with E-state index in [-0.39, 0.29) is 10.9 Å². The highest BCUT2D eigenvalue weighted by molar-refractivity contribution is 6.02. The van der Waals surface area contributed by atoms with E-state index in [1.165, 1.54) is 12.1 Å². The van der Waals surface area contributed by atoms with Gasteiger partial charge in [-0.1, -0.05) is 12.1 Å². The topological polar surface area (TPSA) is 57.5 Å². The van der Waals surface area contributed by atoms with Crippen LogP contribution in [-0.2, 0) is 9.47 Å². The summed E-state index contributed by atoms with van der Waals surface area (Å²) in [5.41, 5.74) is -0.982. The van der Waals surface area contributed by atoms with Crippen LogP contribution >= 0.6 is 0 Å². The summed E-state index contributed by atoms with van der Waals surface area (Å²) in [6.07, 6.45) is -0.831. The average Bonchev–Trinajstić information content (AvgIpc) is 2.70. The van der Waals surface area contributed by atoms with Gasteiger partial charge in [0.1, 0.15) is 5.60 Å². The summed E-state index contributed by atoms with van der Waals surface area (Å²) >= 11 is 0. The Morgan fingerprint density at radius 1 is 1.19 bits per heavy atom. The predicted molar refractivity (Wildman–Crippen MR) is 74.9 cm³/mol. The molecule has 0 amide bonds. The van der Waals surface area contributed by atoms with Crippen LogP contribution in [0, 0.1) is 5.82 Å². The molecular weight excluding hydrogens is 277 g/mol. The zero-order valence-electron chi connectivity index (χ0n) is 12.3. The van der Waals surface area contributed by atoms with Gasteiger partial charge in [-0.15, -0.1) is 0 Å². The summed E-state index contributed by atoms with van der Waals surface area (Å²) < 4.78 is 25.1. The van der Waals surface area contributed by atoms with E-state index >= 15 is 0 Å². The van der Waals surface area contributed by atoms with E-state index in [0.29, 0.717) is 0 Å². The van der Waals surface area contributed by atoms with Gasteiger partial charge in [-0.2, -0.15) is 0 Å². The van der Waals surface area contributed by atoms with Gasteiger partial charge in [0.15, 0.2) is 11.5 Å². The second-order valence-corrected chi connectivity index (χ2v) is 5.49. The Hall–Kier alpha value is -2.37. The van der Waals surface area contributed by atoms with Gasteiger partial charge >= 0.3 is 12.1 Å². The van der Waals surface area contributed by atoms with Crippen molar-refractivity contribution in [2.75, 3.05) is 7.11 Å². The quantitative estimate of drug-likeness (QED) is 0.757. The van der Waals surface area contributed by atoms with Gasteiger partial charge in [-0.05, 0) is 32.9 Å². The molecular formula is C15H16FNO4. The van der Waals surface area contributed by atoms with Crippen molar-refractivity contribution in [2.24, 2.45) is 0 Å². The van der Waals surface area contributed by atoms with E-state index in [4.69, 9.17) is 4.74 Å². The van der Waals surface area contributed by atoms with Crippen molar-refractivity contribution in [3.63, 3.8) is 0 Å². The highest BCUT2D eigenvalue weighted by atomic mass is 19.1. The maximum absolute atomic E-state index is 14.4. The highest BCUT2D eigenvalue weighted by Crippen LogP contribution is 2.26. The van der Waals surface area contributed by atoms with Crippen LogP contribution in [0.1, 0.15) is 31.3 Å². The minimum atomic E-state index is -0.936. The highest BCUT2D eigenvalue weighted by Gasteiger charge is 2.29. The number of ether oxygens (including phenoxy) is 2. The second-order valence-electron chi connectivity index (χ2n) is 5.49. The summed E-state index contributed by atoms with van der Waals surface area (Å²) in [5.74, 6) is -1.74. The van der Waals surface area contributed by atoms with Gasteiger partial charge in [0.2, 0.25) is 0 Å². The van der Waals surface area contributed by atoms with E-state index in [1.807, 2.05) is 0 Å². The first-order valence-corrected chi connectivity index (χ1v) is 6.37. The standard InChI is InChI=1S/C15H16FNO4/c1-15(2,3)21-14(19)17-10-8-6-5-7-9(10)11(16)12(17)13(18)20-4/h5-8H,1-4H3. The number of carbonyl (C=O) groups excluding carboxylic acids is 2. The molecule has 0 saturated carbocycles. The molecule has 0 aliphatic carbocycles. The second kappa shape index (κ2) is 5.20. The smallest absolute Gasteiger partial charge is 0.419 e. The van der Waals surface area contributed by atoms with Crippen molar-refractivity contribution >= 4 is 23.0 Å². The number of halogens is 1. The van der Waals surface area contributed by atoms with Gasteiger partial charge in [-0.25, -0.2) is 18.5 Å². The number of methoxy groups -OCH3 is 1. The maximum atomic E-state index is 14.4. The molecule has 0 radical (unpaired) electrons. The number of carbonyl (C=O) groups is 2. The van der Waals surface area contributed by atoms with Gasteiger partial charge < -0.3 is 9.47 Å². The molecule has 0 fully saturated rings. The molecule has 1 aromatic carbocycles. The lowest BCUT2D eigenvalue weighted by Gasteiger charge is -2.20. The number of benzene rings is 1. The minimum Gasteiger partial charge on any atom is -0.464 e. The van der Waals surface area contributed by atoms with Gasteiger partial charge in [0.25, 0.3) is 0 Å². The van der Waals surface area contributed by atoms with Gasteiger partial charge in [0.05, 0.1) is 12.6 Å². The predicted octanol–water partition coefficient (Wildman–Crippen LogP) is 3.35. The molecule has 21 heavy (non-hydrogen) atoms. The summed E-state index contributed by atoms with van der Waals surface area (Å²) in [5, 5.41) is 0.156.